The number of amides is 1. The van der Waals surface area contributed by atoms with Crippen LogP contribution in [0.3, 0.4) is 0 Å². The van der Waals surface area contributed by atoms with Gasteiger partial charge < -0.3 is 9.88 Å². The molecule has 0 saturated carbocycles. The predicted octanol–water partition coefficient (Wildman–Crippen LogP) is 4.02. The van der Waals surface area contributed by atoms with Gasteiger partial charge in [0.2, 0.25) is 5.91 Å². The van der Waals surface area contributed by atoms with Crippen molar-refractivity contribution >= 4 is 29.3 Å². The number of hydrogen-bond acceptors (Lipinski definition) is 4. The molecule has 0 aliphatic rings. The van der Waals surface area contributed by atoms with Crippen molar-refractivity contribution < 1.29 is 4.79 Å². The minimum atomic E-state index is -0.0198. The van der Waals surface area contributed by atoms with Crippen molar-refractivity contribution in [2.75, 3.05) is 12.8 Å². The summed E-state index contributed by atoms with van der Waals surface area (Å²) in [6.45, 7) is 3.05. The summed E-state index contributed by atoms with van der Waals surface area (Å²) in [6, 6.07) is 7.60. The first-order valence-electron chi connectivity index (χ1n) is 8.18. The van der Waals surface area contributed by atoms with Gasteiger partial charge in [-0.2, -0.15) is 0 Å². The first-order valence-corrected chi connectivity index (χ1v) is 9.54. The SMILES string of the molecule is CCCCCCn1c(SCC(=O)NC)nnc1-c1ccc(Cl)cc1. The molecule has 0 spiro atoms. The Morgan fingerprint density at radius 3 is 2.62 bits per heavy atom. The van der Waals surface area contributed by atoms with Crippen LogP contribution in [0.4, 0.5) is 0 Å². The first kappa shape index (κ1) is 18.8. The molecule has 7 heteroatoms. The average molecular weight is 367 g/mol. The Hall–Kier alpha value is -1.53. The Morgan fingerprint density at radius 2 is 1.96 bits per heavy atom. The van der Waals surface area contributed by atoms with E-state index in [1.165, 1.54) is 31.0 Å². The van der Waals surface area contributed by atoms with Crippen molar-refractivity contribution in [3.8, 4) is 11.4 Å². The van der Waals surface area contributed by atoms with E-state index in [1.54, 1.807) is 7.05 Å². The molecule has 24 heavy (non-hydrogen) atoms. The molecule has 0 radical (unpaired) electrons. The molecule has 1 heterocycles. The second-order valence-electron chi connectivity index (χ2n) is 5.49. The molecule has 0 saturated heterocycles. The van der Waals surface area contributed by atoms with Gasteiger partial charge in [-0.25, -0.2) is 0 Å². The van der Waals surface area contributed by atoms with E-state index in [4.69, 9.17) is 11.6 Å². The van der Waals surface area contributed by atoms with Crippen LogP contribution in [0.5, 0.6) is 0 Å². The smallest absolute Gasteiger partial charge is 0.230 e. The van der Waals surface area contributed by atoms with Crippen LogP contribution < -0.4 is 5.32 Å². The molecule has 1 N–H and O–H groups in total. The zero-order valence-electron chi connectivity index (χ0n) is 14.1. The Labute approximate surface area is 152 Å². The van der Waals surface area contributed by atoms with Crippen molar-refractivity contribution in [1.29, 1.82) is 0 Å². The summed E-state index contributed by atoms with van der Waals surface area (Å²) >= 11 is 7.39. The van der Waals surface area contributed by atoms with Crippen molar-refractivity contribution in [3.05, 3.63) is 29.3 Å². The number of aromatic nitrogens is 3. The van der Waals surface area contributed by atoms with Crippen LogP contribution in [0.1, 0.15) is 32.6 Å². The molecule has 1 amide bonds. The van der Waals surface area contributed by atoms with E-state index in [-0.39, 0.29) is 5.91 Å². The Morgan fingerprint density at radius 1 is 1.21 bits per heavy atom. The average Bonchev–Trinajstić information content (AvgIpc) is 3.00. The molecule has 0 aliphatic heterocycles. The van der Waals surface area contributed by atoms with Crippen LogP contribution in [0.2, 0.25) is 5.02 Å². The second-order valence-corrected chi connectivity index (χ2v) is 6.87. The van der Waals surface area contributed by atoms with Crippen LogP contribution in [-0.4, -0.2) is 33.5 Å². The molecule has 0 fully saturated rings. The van der Waals surface area contributed by atoms with E-state index in [2.05, 4.69) is 27.0 Å². The molecule has 2 aromatic rings. The van der Waals surface area contributed by atoms with Crippen molar-refractivity contribution in [2.24, 2.45) is 0 Å². The maximum atomic E-state index is 11.5. The van der Waals surface area contributed by atoms with Gasteiger partial charge in [0.1, 0.15) is 0 Å². The van der Waals surface area contributed by atoms with Crippen LogP contribution in [0.15, 0.2) is 29.4 Å². The first-order chi connectivity index (χ1) is 11.7. The molecule has 0 unspecified atom stereocenters. The van der Waals surface area contributed by atoms with E-state index >= 15 is 0 Å². The number of benzene rings is 1. The van der Waals surface area contributed by atoms with Gasteiger partial charge in [0.05, 0.1) is 5.75 Å². The second kappa shape index (κ2) is 9.69. The van der Waals surface area contributed by atoms with Gasteiger partial charge in [0, 0.05) is 24.2 Å². The van der Waals surface area contributed by atoms with Crippen LogP contribution in [0.25, 0.3) is 11.4 Å². The van der Waals surface area contributed by atoms with E-state index in [0.717, 1.165) is 29.5 Å². The molecule has 1 aromatic heterocycles. The fraction of sp³-hybridized carbons (Fsp3) is 0.471. The number of rotatable bonds is 9. The maximum absolute atomic E-state index is 11.5. The zero-order valence-corrected chi connectivity index (χ0v) is 15.7. The highest BCUT2D eigenvalue weighted by atomic mass is 35.5. The third kappa shape index (κ3) is 5.24. The Bertz CT molecular complexity index is 657. The Balaban J connectivity index is 2.20. The lowest BCUT2D eigenvalue weighted by atomic mass is 10.2. The Kier molecular flexibility index (Phi) is 7.59. The number of halogens is 1. The molecule has 2 rings (SSSR count). The minimum Gasteiger partial charge on any atom is -0.358 e. The summed E-state index contributed by atoms with van der Waals surface area (Å²) < 4.78 is 2.10. The highest BCUT2D eigenvalue weighted by Crippen LogP contribution is 2.25. The van der Waals surface area contributed by atoms with Crippen LogP contribution >= 0.6 is 23.4 Å². The lowest BCUT2D eigenvalue weighted by Crippen LogP contribution is -2.20. The van der Waals surface area contributed by atoms with E-state index in [1.807, 2.05) is 24.3 Å². The highest BCUT2D eigenvalue weighted by Gasteiger charge is 2.15. The molecule has 0 atom stereocenters. The predicted molar refractivity (Wildman–Crippen MR) is 99.4 cm³/mol. The molecular weight excluding hydrogens is 344 g/mol. The lowest BCUT2D eigenvalue weighted by molar-refractivity contribution is -0.118. The third-order valence-electron chi connectivity index (χ3n) is 3.67. The number of carbonyl (C=O) groups excluding carboxylic acids is 1. The van der Waals surface area contributed by atoms with Gasteiger partial charge in [-0.3, -0.25) is 4.79 Å². The summed E-state index contributed by atoms with van der Waals surface area (Å²) in [4.78, 5) is 11.5. The molecule has 0 bridgehead atoms. The number of thioether (sulfide) groups is 1. The van der Waals surface area contributed by atoms with Crippen molar-refractivity contribution in [3.63, 3.8) is 0 Å². The van der Waals surface area contributed by atoms with Gasteiger partial charge in [0.25, 0.3) is 0 Å². The van der Waals surface area contributed by atoms with Gasteiger partial charge in [-0.05, 0) is 30.7 Å². The fourth-order valence-electron chi connectivity index (χ4n) is 2.31. The molecule has 1 aromatic carbocycles. The number of hydrogen-bond donors (Lipinski definition) is 1. The summed E-state index contributed by atoms with van der Waals surface area (Å²) in [5.41, 5.74) is 0.981. The topological polar surface area (TPSA) is 59.8 Å². The van der Waals surface area contributed by atoms with Crippen LogP contribution in [0, 0.1) is 0 Å². The van der Waals surface area contributed by atoms with Gasteiger partial charge >= 0.3 is 0 Å². The number of nitrogens with zero attached hydrogens (tertiary/aromatic N) is 3. The minimum absolute atomic E-state index is 0.0198. The van der Waals surface area contributed by atoms with Crippen molar-refractivity contribution in [1.82, 2.24) is 20.1 Å². The standard InChI is InChI=1S/C17H23ClN4OS/c1-3-4-5-6-11-22-16(13-7-9-14(18)10-8-13)20-21-17(22)24-12-15(23)19-2/h7-10H,3-6,11-12H2,1-2H3,(H,19,23). The largest absolute Gasteiger partial charge is 0.358 e. The fourth-order valence-corrected chi connectivity index (χ4v) is 3.27. The molecule has 0 aliphatic carbocycles. The zero-order chi connectivity index (χ0) is 17.4. The molecule has 5 nitrogen and oxygen atoms in total. The summed E-state index contributed by atoms with van der Waals surface area (Å²) in [5, 5.41) is 12.7. The maximum Gasteiger partial charge on any atom is 0.230 e. The van der Waals surface area contributed by atoms with Crippen molar-refractivity contribution in [2.45, 2.75) is 44.3 Å². The quantitative estimate of drug-likeness (QED) is 0.538. The number of nitrogens with one attached hydrogen (secondary N) is 1. The lowest BCUT2D eigenvalue weighted by Gasteiger charge is -2.10. The third-order valence-corrected chi connectivity index (χ3v) is 4.88. The van der Waals surface area contributed by atoms with E-state index in [9.17, 15) is 4.79 Å². The van der Waals surface area contributed by atoms with E-state index in [0.29, 0.717) is 10.8 Å². The van der Waals surface area contributed by atoms with Crippen LogP contribution in [-0.2, 0) is 11.3 Å². The summed E-state index contributed by atoms with van der Waals surface area (Å²) in [6.07, 6.45) is 4.66. The monoisotopic (exact) mass is 366 g/mol. The van der Waals surface area contributed by atoms with Gasteiger partial charge in [0.15, 0.2) is 11.0 Å². The van der Waals surface area contributed by atoms with E-state index < -0.39 is 0 Å². The van der Waals surface area contributed by atoms with Gasteiger partial charge in [-0.1, -0.05) is 49.5 Å². The summed E-state index contributed by atoms with van der Waals surface area (Å²) in [5.74, 6) is 1.14. The number of carbonyl (C=O) groups is 1. The molecular formula is C17H23ClN4OS. The van der Waals surface area contributed by atoms with Gasteiger partial charge in [-0.15, -0.1) is 10.2 Å². The number of unbranched alkanes of at least 4 members (excludes halogenated alkanes) is 3. The molecule has 130 valence electrons. The highest BCUT2D eigenvalue weighted by molar-refractivity contribution is 7.99. The normalized spacial score (nSPS) is 10.8. The summed E-state index contributed by atoms with van der Waals surface area (Å²) in [7, 11) is 1.64.